The molecule has 1 aromatic heterocycles. The van der Waals surface area contributed by atoms with Gasteiger partial charge in [-0.05, 0) is 37.1 Å². The Kier molecular flexibility index (Phi) is 4.77. The van der Waals surface area contributed by atoms with E-state index in [4.69, 9.17) is 22.1 Å². The maximum Gasteiger partial charge on any atom is 0.138 e. The summed E-state index contributed by atoms with van der Waals surface area (Å²) in [4.78, 5) is 4.04. The molecule has 100 valence electrons. The molecule has 3 nitrogen and oxygen atoms in total. The molecule has 1 atom stereocenters. The van der Waals surface area contributed by atoms with E-state index >= 15 is 0 Å². The average molecular weight is 277 g/mol. The smallest absolute Gasteiger partial charge is 0.138 e. The van der Waals surface area contributed by atoms with Crippen molar-refractivity contribution in [3.05, 3.63) is 58.9 Å². The van der Waals surface area contributed by atoms with Crippen molar-refractivity contribution in [2.24, 2.45) is 5.73 Å². The number of nitrogens with zero attached hydrogens (tertiary/aromatic N) is 1. The molecule has 0 aliphatic heterocycles. The van der Waals surface area contributed by atoms with E-state index in [1.54, 1.807) is 12.4 Å². The number of rotatable bonds is 5. The maximum atomic E-state index is 6.20. The first-order chi connectivity index (χ1) is 9.15. The summed E-state index contributed by atoms with van der Waals surface area (Å²) in [6, 6.07) is 9.75. The predicted octanol–water partition coefficient (Wildman–Crippen LogP) is 3.20. The molecule has 19 heavy (non-hydrogen) atoms. The molecule has 0 saturated carbocycles. The van der Waals surface area contributed by atoms with Crippen LogP contribution >= 0.6 is 11.6 Å². The lowest BCUT2D eigenvalue weighted by Crippen LogP contribution is -2.17. The summed E-state index contributed by atoms with van der Waals surface area (Å²) in [6.45, 7) is 2.43. The molecule has 2 N–H and O–H groups in total. The molecular formula is C15H17ClN2O. The first kappa shape index (κ1) is 13.8. The predicted molar refractivity (Wildman–Crippen MR) is 77.4 cm³/mol. The van der Waals surface area contributed by atoms with Crippen molar-refractivity contribution >= 4 is 11.6 Å². The van der Waals surface area contributed by atoms with Crippen LogP contribution in [0.4, 0.5) is 0 Å². The van der Waals surface area contributed by atoms with Crippen LogP contribution in [0, 0.1) is 0 Å². The van der Waals surface area contributed by atoms with Crippen molar-refractivity contribution in [1.82, 2.24) is 4.98 Å². The standard InChI is InChI=1S/C15H17ClN2O/c1-11(17)7-12-4-5-15(14(16)8-12)19-10-13-3-2-6-18-9-13/h2-6,8-9,11H,7,10,17H2,1H3. The Balaban J connectivity index is 2.01. The third-order valence-corrected chi connectivity index (χ3v) is 2.97. The largest absolute Gasteiger partial charge is 0.487 e. The third kappa shape index (κ3) is 4.23. The molecule has 1 heterocycles. The molecule has 0 radical (unpaired) electrons. The summed E-state index contributed by atoms with van der Waals surface area (Å²) in [7, 11) is 0. The van der Waals surface area contributed by atoms with E-state index in [0.29, 0.717) is 17.4 Å². The van der Waals surface area contributed by atoms with Gasteiger partial charge in [0.15, 0.2) is 0 Å². The fraction of sp³-hybridized carbons (Fsp3) is 0.267. The number of ether oxygens (including phenoxy) is 1. The van der Waals surface area contributed by atoms with Crippen LogP contribution in [0.3, 0.4) is 0 Å². The van der Waals surface area contributed by atoms with Gasteiger partial charge >= 0.3 is 0 Å². The van der Waals surface area contributed by atoms with Gasteiger partial charge in [0.05, 0.1) is 5.02 Å². The number of hydrogen-bond donors (Lipinski definition) is 1. The Labute approximate surface area is 118 Å². The summed E-state index contributed by atoms with van der Waals surface area (Å²) in [5.74, 6) is 0.680. The highest BCUT2D eigenvalue weighted by Crippen LogP contribution is 2.26. The van der Waals surface area contributed by atoms with Gasteiger partial charge in [-0.3, -0.25) is 4.98 Å². The molecule has 0 amide bonds. The van der Waals surface area contributed by atoms with Crippen molar-refractivity contribution in [2.45, 2.75) is 26.0 Å². The number of halogens is 1. The number of benzene rings is 1. The van der Waals surface area contributed by atoms with Gasteiger partial charge in [0.2, 0.25) is 0 Å². The Morgan fingerprint density at radius 3 is 2.79 bits per heavy atom. The van der Waals surface area contributed by atoms with Crippen molar-refractivity contribution in [3.63, 3.8) is 0 Å². The van der Waals surface area contributed by atoms with Gasteiger partial charge in [-0.2, -0.15) is 0 Å². The highest BCUT2D eigenvalue weighted by atomic mass is 35.5. The molecule has 0 bridgehead atoms. The quantitative estimate of drug-likeness (QED) is 0.912. The Morgan fingerprint density at radius 2 is 2.16 bits per heavy atom. The number of aromatic nitrogens is 1. The number of pyridine rings is 1. The number of nitrogens with two attached hydrogens (primary N) is 1. The van der Waals surface area contributed by atoms with Crippen molar-refractivity contribution in [3.8, 4) is 5.75 Å². The van der Waals surface area contributed by atoms with Crippen molar-refractivity contribution in [2.75, 3.05) is 0 Å². The molecule has 0 aliphatic carbocycles. The van der Waals surface area contributed by atoms with Gasteiger partial charge in [-0.1, -0.05) is 23.7 Å². The second-order valence-corrected chi connectivity index (χ2v) is 5.00. The van der Waals surface area contributed by atoms with E-state index in [1.807, 2.05) is 37.3 Å². The highest BCUT2D eigenvalue weighted by Gasteiger charge is 2.05. The molecule has 4 heteroatoms. The van der Waals surface area contributed by atoms with Crippen molar-refractivity contribution < 1.29 is 4.74 Å². The zero-order valence-corrected chi connectivity index (χ0v) is 11.6. The SMILES string of the molecule is CC(N)Cc1ccc(OCc2cccnc2)c(Cl)c1. The maximum absolute atomic E-state index is 6.20. The highest BCUT2D eigenvalue weighted by molar-refractivity contribution is 6.32. The van der Waals surface area contributed by atoms with Crippen LogP contribution in [0.1, 0.15) is 18.1 Å². The van der Waals surface area contributed by atoms with Crippen LogP contribution in [-0.4, -0.2) is 11.0 Å². The summed E-state index contributed by atoms with van der Waals surface area (Å²) in [5.41, 5.74) is 7.90. The molecule has 2 rings (SSSR count). The lowest BCUT2D eigenvalue weighted by atomic mass is 10.1. The molecule has 0 spiro atoms. The second-order valence-electron chi connectivity index (χ2n) is 4.60. The van der Waals surface area contributed by atoms with Crippen LogP contribution in [0.25, 0.3) is 0 Å². The van der Waals surface area contributed by atoms with Crippen molar-refractivity contribution in [1.29, 1.82) is 0 Å². The molecule has 0 aliphatic rings. The van der Waals surface area contributed by atoms with Crippen LogP contribution in [0.15, 0.2) is 42.7 Å². The van der Waals surface area contributed by atoms with Gasteiger partial charge in [0.25, 0.3) is 0 Å². The molecule has 1 aromatic carbocycles. The van der Waals surface area contributed by atoms with E-state index in [0.717, 1.165) is 17.5 Å². The van der Waals surface area contributed by atoms with Crippen LogP contribution < -0.4 is 10.5 Å². The second kappa shape index (κ2) is 6.55. The minimum Gasteiger partial charge on any atom is -0.487 e. The lowest BCUT2D eigenvalue weighted by Gasteiger charge is -2.10. The topological polar surface area (TPSA) is 48.1 Å². The summed E-state index contributed by atoms with van der Waals surface area (Å²) in [5, 5.41) is 0.613. The van der Waals surface area contributed by atoms with Gasteiger partial charge in [0.1, 0.15) is 12.4 Å². The van der Waals surface area contributed by atoms with Gasteiger partial charge in [-0.15, -0.1) is 0 Å². The molecule has 0 fully saturated rings. The van der Waals surface area contributed by atoms with Crippen LogP contribution in [0.5, 0.6) is 5.75 Å². The van der Waals surface area contributed by atoms with Gasteiger partial charge in [0, 0.05) is 24.0 Å². The first-order valence-electron chi connectivity index (χ1n) is 6.21. The minimum atomic E-state index is 0.123. The van der Waals surface area contributed by atoms with Crippen LogP contribution in [-0.2, 0) is 13.0 Å². The Morgan fingerprint density at radius 1 is 1.32 bits per heavy atom. The van der Waals surface area contributed by atoms with Gasteiger partial charge in [-0.25, -0.2) is 0 Å². The summed E-state index contributed by atoms with van der Waals surface area (Å²) >= 11 is 6.20. The number of hydrogen-bond acceptors (Lipinski definition) is 3. The van der Waals surface area contributed by atoms with Gasteiger partial charge < -0.3 is 10.5 Å². The zero-order valence-electron chi connectivity index (χ0n) is 10.8. The van der Waals surface area contributed by atoms with E-state index in [2.05, 4.69) is 4.98 Å². The minimum absolute atomic E-state index is 0.123. The molecule has 1 unspecified atom stereocenters. The zero-order chi connectivity index (χ0) is 13.7. The Hall–Kier alpha value is -1.58. The summed E-state index contributed by atoms with van der Waals surface area (Å²) in [6.07, 6.45) is 4.32. The molecule has 0 saturated heterocycles. The molecule has 2 aromatic rings. The average Bonchev–Trinajstić information content (AvgIpc) is 2.38. The van der Waals surface area contributed by atoms with E-state index < -0.39 is 0 Å². The van der Waals surface area contributed by atoms with Crippen LogP contribution in [0.2, 0.25) is 5.02 Å². The summed E-state index contributed by atoms with van der Waals surface area (Å²) < 4.78 is 5.68. The monoisotopic (exact) mass is 276 g/mol. The first-order valence-corrected chi connectivity index (χ1v) is 6.58. The molecular weight excluding hydrogens is 260 g/mol. The Bertz CT molecular complexity index is 529. The normalized spacial score (nSPS) is 12.2. The lowest BCUT2D eigenvalue weighted by molar-refractivity contribution is 0.306. The fourth-order valence-electron chi connectivity index (χ4n) is 1.80. The third-order valence-electron chi connectivity index (χ3n) is 2.67. The van der Waals surface area contributed by atoms with E-state index in [9.17, 15) is 0 Å². The van der Waals surface area contributed by atoms with E-state index in [-0.39, 0.29) is 6.04 Å². The fourth-order valence-corrected chi connectivity index (χ4v) is 2.06. The van der Waals surface area contributed by atoms with E-state index in [1.165, 1.54) is 0 Å².